The minimum atomic E-state index is -0.162. The third-order valence-electron chi connectivity index (χ3n) is 1.24. The number of rotatable bonds is 5. The zero-order valence-electron chi connectivity index (χ0n) is 6.68. The normalized spacial score (nSPS) is 12.3. The molecular weight excluding hydrogens is 155 g/mol. The Balaban J connectivity index is 0. The Morgan fingerprint density at radius 1 is 1.30 bits per heavy atom. The van der Waals surface area contributed by atoms with Crippen LogP contribution in [0.25, 0.3) is 0 Å². The van der Waals surface area contributed by atoms with E-state index in [0.29, 0.717) is 6.54 Å². The summed E-state index contributed by atoms with van der Waals surface area (Å²) in [5, 5.41) is 10.1. The predicted octanol–water partition coefficient (Wildman–Crippen LogP) is -4.19. The summed E-state index contributed by atoms with van der Waals surface area (Å²) in [5.41, 5.74) is 10.6. The van der Waals surface area contributed by atoms with Crippen LogP contribution in [0.3, 0.4) is 0 Å². The molecule has 0 fully saturated rings. The van der Waals surface area contributed by atoms with Gasteiger partial charge in [-0.3, -0.25) is 0 Å². The van der Waals surface area contributed by atoms with E-state index in [4.69, 9.17) is 11.5 Å². The van der Waals surface area contributed by atoms with E-state index in [1.165, 1.54) is 0 Å². The summed E-state index contributed by atoms with van der Waals surface area (Å²) in [6.45, 7) is 0.538. The van der Waals surface area contributed by atoms with Crippen molar-refractivity contribution in [2.75, 3.05) is 13.2 Å². The standard InChI is InChI=1S/C6H15N2O.K/c7-4-2-1-3-6(8)5-9;/h6H,1-5,7-8H2;/q-1;+1/t6-;/m0./s1. The minimum absolute atomic E-state index is 0. The smallest absolute Gasteiger partial charge is 0.853 e. The molecule has 0 radical (unpaired) electrons. The summed E-state index contributed by atoms with van der Waals surface area (Å²) in [4.78, 5) is 0. The molecule has 0 saturated heterocycles. The first kappa shape index (κ1) is 14.1. The Morgan fingerprint density at radius 3 is 2.30 bits per heavy atom. The van der Waals surface area contributed by atoms with E-state index in [9.17, 15) is 5.11 Å². The van der Waals surface area contributed by atoms with Crippen LogP contribution in [0.15, 0.2) is 0 Å². The molecule has 10 heavy (non-hydrogen) atoms. The summed E-state index contributed by atoms with van der Waals surface area (Å²) in [5.74, 6) is 0. The maximum Gasteiger partial charge on any atom is 1.00 e. The molecule has 3 nitrogen and oxygen atoms in total. The van der Waals surface area contributed by atoms with E-state index in [0.717, 1.165) is 19.3 Å². The molecule has 0 aliphatic rings. The van der Waals surface area contributed by atoms with Gasteiger partial charge in [0.05, 0.1) is 0 Å². The second kappa shape index (κ2) is 10.5. The van der Waals surface area contributed by atoms with Crippen LogP contribution >= 0.6 is 0 Å². The monoisotopic (exact) mass is 170 g/mol. The van der Waals surface area contributed by atoms with E-state index < -0.39 is 0 Å². The Morgan fingerprint density at radius 2 is 1.90 bits per heavy atom. The molecular formula is C6H15KN2O. The van der Waals surface area contributed by atoms with Crippen LogP contribution in [0.5, 0.6) is 0 Å². The molecule has 0 heterocycles. The van der Waals surface area contributed by atoms with Crippen molar-refractivity contribution < 1.29 is 56.5 Å². The summed E-state index contributed by atoms with van der Waals surface area (Å²) < 4.78 is 0. The van der Waals surface area contributed by atoms with E-state index in [1.807, 2.05) is 0 Å². The number of unbranched alkanes of at least 4 members (excludes halogenated alkanes) is 1. The summed E-state index contributed by atoms with van der Waals surface area (Å²) in [6.07, 6.45) is 2.79. The molecule has 0 amide bonds. The zero-order chi connectivity index (χ0) is 7.11. The fraction of sp³-hybridized carbons (Fsp3) is 1.00. The SMILES string of the molecule is NCCCC[C@H](N)C[O-].[K+]. The molecule has 0 rings (SSSR count). The van der Waals surface area contributed by atoms with Gasteiger partial charge in [-0.05, 0) is 25.4 Å². The molecule has 0 aliphatic heterocycles. The fourth-order valence-corrected chi connectivity index (χ4v) is 0.634. The van der Waals surface area contributed by atoms with E-state index >= 15 is 0 Å². The van der Waals surface area contributed by atoms with Crippen LogP contribution in [-0.2, 0) is 0 Å². The van der Waals surface area contributed by atoms with Crippen LogP contribution in [0.1, 0.15) is 19.3 Å². The number of nitrogens with two attached hydrogens (primary N) is 2. The molecule has 0 aliphatic carbocycles. The molecule has 0 aromatic heterocycles. The van der Waals surface area contributed by atoms with Crippen molar-refractivity contribution in [2.45, 2.75) is 25.3 Å². The van der Waals surface area contributed by atoms with Gasteiger partial charge in [-0.1, -0.05) is 6.42 Å². The largest absolute Gasteiger partial charge is 1.00 e. The average molecular weight is 170 g/mol. The van der Waals surface area contributed by atoms with Crippen molar-refractivity contribution in [1.29, 1.82) is 0 Å². The van der Waals surface area contributed by atoms with Gasteiger partial charge < -0.3 is 16.6 Å². The van der Waals surface area contributed by atoms with Crippen LogP contribution in [-0.4, -0.2) is 19.2 Å². The van der Waals surface area contributed by atoms with Crippen molar-refractivity contribution in [3.63, 3.8) is 0 Å². The molecule has 0 aromatic rings. The van der Waals surface area contributed by atoms with Crippen molar-refractivity contribution in [3.05, 3.63) is 0 Å². The van der Waals surface area contributed by atoms with E-state index in [1.54, 1.807) is 0 Å². The second-order valence-electron chi connectivity index (χ2n) is 2.21. The quantitative estimate of drug-likeness (QED) is 0.324. The molecule has 56 valence electrons. The first-order chi connectivity index (χ1) is 4.31. The van der Waals surface area contributed by atoms with Gasteiger partial charge in [-0.2, -0.15) is 0 Å². The van der Waals surface area contributed by atoms with Gasteiger partial charge in [0.25, 0.3) is 0 Å². The van der Waals surface area contributed by atoms with Gasteiger partial charge in [-0.15, -0.1) is 6.61 Å². The van der Waals surface area contributed by atoms with Crippen molar-refractivity contribution >= 4 is 0 Å². The molecule has 0 aromatic carbocycles. The topological polar surface area (TPSA) is 75.1 Å². The summed E-state index contributed by atoms with van der Waals surface area (Å²) >= 11 is 0. The summed E-state index contributed by atoms with van der Waals surface area (Å²) in [7, 11) is 0. The Bertz CT molecular complexity index is 63.7. The Kier molecular flexibility index (Phi) is 14.8. The van der Waals surface area contributed by atoms with Gasteiger partial charge >= 0.3 is 51.4 Å². The second-order valence-corrected chi connectivity index (χ2v) is 2.21. The molecule has 1 atom stereocenters. The predicted molar refractivity (Wildman–Crippen MR) is 35.7 cm³/mol. The third kappa shape index (κ3) is 9.52. The van der Waals surface area contributed by atoms with Crippen LogP contribution < -0.4 is 68.0 Å². The Labute approximate surface area is 105 Å². The fourth-order valence-electron chi connectivity index (χ4n) is 0.634. The molecule has 4 heteroatoms. The summed E-state index contributed by atoms with van der Waals surface area (Å²) in [6, 6.07) is -0.156. The van der Waals surface area contributed by atoms with Crippen LogP contribution in [0.2, 0.25) is 0 Å². The van der Waals surface area contributed by atoms with E-state index in [2.05, 4.69) is 0 Å². The average Bonchev–Trinajstić information content (AvgIpc) is 1.89. The molecule has 0 bridgehead atoms. The zero-order valence-corrected chi connectivity index (χ0v) is 9.80. The first-order valence-corrected chi connectivity index (χ1v) is 3.35. The van der Waals surface area contributed by atoms with Gasteiger partial charge in [0.1, 0.15) is 0 Å². The van der Waals surface area contributed by atoms with Gasteiger partial charge in [-0.25, -0.2) is 0 Å². The molecule has 0 spiro atoms. The maximum absolute atomic E-state index is 10.1. The van der Waals surface area contributed by atoms with Crippen LogP contribution in [0.4, 0.5) is 0 Å². The number of hydrogen-bond acceptors (Lipinski definition) is 3. The Hall–Kier alpha value is 1.52. The van der Waals surface area contributed by atoms with Gasteiger partial charge in [0.2, 0.25) is 0 Å². The number of hydrogen-bond donors (Lipinski definition) is 2. The van der Waals surface area contributed by atoms with Gasteiger partial charge in [0.15, 0.2) is 0 Å². The van der Waals surface area contributed by atoms with E-state index in [-0.39, 0.29) is 64.0 Å². The molecule has 0 saturated carbocycles. The third-order valence-corrected chi connectivity index (χ3v) is 1.24. The molecule has 0 unspecified atom stereocenters. The van der Waals surface area contributed by atoms with Crippen molar-refractivity contribution in [1.82, 2.24) is 0 Å². The minimum Gasteiger partial charge on any atom is -0.853 e. The van der Waals surface area contributed by atoms with Gasteiger partial charge in [0, 0.05) is 0 Å². The first-order valence-electron chi connectivity index (χ1n) is 3.35. The van der Waals surface area contributed by atoms with Crippen LogP contribution in [0, 0.1) is 0 Å². The maximum atomic E-state index is 10.1. The van der Waals surface area contributed by atoms with Crippen molar-refractivity contribution in [2.24, 2.45) is 11.5 Å². The molecule has 4 N–H and O–H groups in total. The van der Waals surface area contributed by atoms with Crippen molar-refractivity contribution in [3.8, 4) is 0 Å².